The van der Waals surface area contributed by atoms with Crippen LogP contribution in [0.2, 0.25) is 0 Å². The molecule has 0 unspecified atom stereocenters. The molecule has 0 aliphatic heterocycles. The van der Waals surface area contributed by atoms with Gasteiger partial charge in [-0.25, -0.2) is 4.98 Å². The van der Waals surface area contributed by atoms with Crippen LogP contribution in [0.5, 0.6) is 0 Å². The topological polar surface area (TPSA) is 56.0 Å². The van der Waals surface area contributed by atoms with Crippen molar-refractivity contribution in [2.45, 2.75) is 6.92 Å². The summed E-state index contributed by atoms with van der Waals surface area (Å²) in [6, 6.07) is 13.6. The van der Waals surface area contributed by atoms with E-state index in [4.69, 9.17) is 5.73 Å². The standard InChI is InChI=1S/C15H12N2O/c1-9-5-6-13-11(7-9)8-10-3-2-4-12(15(16)18)14(10)17-13/h2-8H,1H3,(H2,16,18). The van der Waals surface area contributed by atoms with Crippen LogP contribution in [0.3, 0.4) is 0 Å². The molecule has 2 aromatic carbocycles. The lowest BCUT2D eigenvalue weighted by atomic mass is 10.1. The van der Waals surface area contributed by atoms with Crippen LogP contribution in [-0.2, 0) is 0 Å². The Morgan fingerprint density at radius 2 is 1.94 bits per heavy atom. The van der Waals surface area contributed by atoms with E-state index in [2.05, 4.69) is 11.1 Å². The van der Waals surface area contributed by atoms with E-state index in [-0.39, 0.29) is 0 Å². The van der Waals surface area contributed by atoms with Gasteiger partial charge in [-0.1, -0.05) is 23.8 Å². The van der Waals surface area contributed by atoms with E-state index >= 15 is 0 Å². The molecule has 0 aliphatic rings. The Morgan fingerprint density at radius 1 is 1.11 bits per heavy atom. The summed E-state index contributed by atoms with van der Waals surface area (Å²) in [6.07, 6.45) is 0. The minimum absolute atomic E-state index is 0.445. The van der Waals surface area contributed by atoms with Gasteiger partial charge in [0, 0.05) is 10.8 Å². The molecule has 88 valence electrons. The average molecular weight is 236 g/mol. The van der Waals surface area contributed by atoms with Gasteiger partial charge in [-0.2, -0.15) is 0 Å². The highest BCUT2D eigenvalue weighted by Gasteiger charge is 2.08. The number of carbonyl (C=O) groups excluding carboxylic acids is 1. The van der Waals surface area contributed by atoms with Crippen LogP contribution in [0.4, 0.5) is 0 Å². The number of nitrogens with zero attached hydrogens (tertiary/aromatic N) is 1. The van der Waals surface area contributed by atoms with Gasteiger partial charge < -0.3 is 5.73 Å². The fourth-order valence-corrected chi connectivity index (χ4v) is 2.18. The summed E-state index contributed by atoms with van der Waals surface area (Å²) >= 11 is 0. The molecular weight excluding hydrogens is 224 g/mol. The van der Waals surface area contributed by atoms with Gasteiger partial charge in [0.2, 0.25) is 0 Å². The molecule has 3 nitrogen and oxygen atoms in total. The van der Waals surface area contributed by atoms with Crippen molar-refractivity contribution in [1.29, 1.82) is 0 Å². The largest absolute Gasteiger partial charge is 0.366 e. The smallest absolute Gasteiger partial charge is 0.250 e. The Morgan fingerprint density at radius 3 is 2.72 bits per heavy atom. The SMILES string of the molecule is Cc1ccc2nc3c(C(N)=O)cccc3cc2c1. The third kappa shape index (κ3) is 1.61. The number of hydrogen-bond donors (Lipinski definition) is 1. The molecule has 2 N–H and O–H groups in total. The third-order valence-corrected chi connectivity index (χ3v) is 3.06. The maximum absolute atomic E-state index is 11.4. The number of amides is 1. The van der Waals surface area contributed by atoms with Gasteiger partial charge >= 0.3 is 0 Å². The fraction of sp³-hybridized carbons (Fsp3) is 0.0667. The van der Waals surface area contributed by atoms with E-state index in [0.717, 1.165) is 16.3 Å². The molecular formula is C15H12N2O. The summed E-state index contributed by atoms with van der Waals surface area (Å²) in [5.74, 6) is -0.445. The minimum Gasteiger partial charge on any atom is -0.366 e. The number of aryl methyl sites for hydroxylation is 1. The van der Waals surface area contributed by atoms with Gasteiger partial charge in [0.1, 0.15) is 0 Å². The number of primary amides is 1. The summed E-state index contributed by atoms with van der Waals surface area (Å²) in [5.41, 5.74) is 8.57. The number of benzene rings is 2. The summed E-state index contributed by atoms with van der Waals surface area (Å²) in [5, 5.41) is 2.01. The number of pyridine rings is 1. The summed E-state index contributed by atoms with van der Waals surface area (Å²) in [4.78, 5) is 15.9. The monoisotopic (exact) mass is 236 g/mol. The second kappa shape index (κ2) is 3.81. The van der Waals surface area contributed by atoms with Crippen molar-refractivity contribution in [3.05, 3.63) is 53.6 Å². The molecule has 0 saturated heterocycles. The van der Waals surface area contributed by atoms with Gasteiger partial charge in [-0.05, 0) is 31.2 Å². The highest BCUT2D eigenvalue weighted by molar-refractivity contribution is 6.07. The predicted octanol–water partition coefficient (Wildman–Crippen LogP) is 2.80. The lowest BCUT2D eigenvalue weighted by Gasteiger charge is -2.05. The molecule has 1 aromatic heterocycles. The average Bonchev–Trinajstić information content (AvgIpc) is 2.35. The number of carbonyl (C=O) groups is 1. The maximum atomic E-state index is 11.4. The van der Waals surface area contributed by atoms with Gasteiger partial charge in [0.25, 0.3) is 5.91 Å². The maximum Gasteiger partial charge on any atom is 0.250 e. The number of nitrogens with two attached hydrogens (primary N) is 1. The van der Waals surface area contributed by atoms with E-state index in [1.165, 1.54) is 5.56 Å². The molecule has 1 heterocycles. The van der Waals surface area contributed by atoms with Gasteiger partial charge in [-0.15, -0.1) is 0 Å². The molecule has 0 spiro atoms. The Bertz CT molecular complexity index is 778. The zero-order valence-corrected chi connectivity index (χ0v) is 9.97. The molecule has 0 saturated carbocycles. The van der Waals surface area contributed by atoms with Gasteiger partial charge in [0.15, 0.2) is 0 Å². The molecule has 0 bridgehead atoms. The van der Waals surface area contributed by atoms with E-state index in [1.807, 2.05) is 37.3 Å². The van der Waals surface area contributed by atoms with E-state index < -0.39 is 5.91 Å². The van der Waals surface area contributed by atoms with E-state index in [9.17, 15) is 4.79 Å². The molecule has 0 radical (unpaired) electrons. The molecule has 3 rings (SSSR count). The number of rotatable bonds is 1. The predicted molar refractivity (Wildman–Crippen MR) is 72.5 cm³/mol. The van der Waals surface area contributed by atoms with Crippen molar-refractivity contribution >= 4 is 27.7 Å². The van der Waals surface area contributed by atoms with Crippen LogP contribution < -0.4 is 5.73 Å². The Labute approximate surface area is 104 Å². The first-order valence-electron chi connectivity index (χ1n) is 5.75. The minimum atomic E-state index is -0.445. The number of para-hydroxylation sites is 1. The quantitative estimate of drug-likeness (QED) is 0.660. The van der Waals surface area contributed by atoms with Crippen LogP contribution in [0.15, 0.2) is 42.5 Å². The van der Waals surface area contributed by atoms with Crippen molar-refractivity contribution in [3.63, 3.8) is 0 Å². The van der Waals surface area contributed by atoms with Crippen molar-refractivity contribution in [2.75, 3.05) is 0 Å². The van der Waals surface area contributed by atoms with Crippen molar-refractivity contribution in [1.82, 2.24) is 4.98 Å². The van der Waals surface area contributed by atoms with Crippen LogP contribution >= 0.6 is 0 Å². The molecule has 0 aliphatic carbocycles. The molecule has 1 amide bonds. The molecule has 0 fully saturated rings. The van der Waals surface area contributed by atoms with Crippen molar-refractivity contribution in [2.24, 2.45) is 5.73 Å². The first-order valence-corrected chi connectivity index (χ1v) is 5.75. The lowest BCUT2D eigenvalue weighted by molar-refractivity contribution is 0.100. The molecule has 3 aromatic rings. The van der Waals surface area contributed by atoms with Gasteiger partial charge in [-0.3, -0.25) is 4.79 Å². The first-order chi connectivity index (χ1) is 8.65. The van der Waals surface area contributed by atoms with Crippen LogP contribution in [0.25, 0.3) is 21.8 Å². The number of aromatic nitrogens is 1. The van der Waals surface area contributed by atoms with Crippen LogP contribution in [0.1, 0.15) is 15.9 Å². The second-order valence-electron chi connectivity index (χ2n) is 4.43. The highest BCUT2D eigenvalue weighted by atomic mass is 16.1. The van der Waals surface area contributed by atoms with E-state index in [0.29, 0.717) is 11.1 Å². The lowest BCUT2D eigenvalue weighted by Crippen LogP contribution is -2.11. The normalized spacial score (nSPS) is 10.9. The Hall–Kier alpha value is -2.42. The van der Waals surface area contributed by atoms with Crippen molar-refractivity contribution < 1.29 is 4.79 Å². The third-order valence-electron chi connectivity index (χ3n) is 3.06. The van der Waals surface area contributed by atoms with Crippen LogP contribution in [0, 0.1) is 6.92 Å². The second-order valence-corrected chi connectivity index (χ2v) is 4.43. The summed E-state index contributed by atoms with van der Waals surface area (Å²) < 4.78 is 0. The fourth-order valence-electron chi connectivity index (χ4n) is 2.18. The zero-order valence-electron chi connectivity index (χ0n) is 9.97. The highest BCUT2D eigenvalue weighted by Crippen LogP contribution is 2.22. The summed E-state index contributed by atoms with van der Waals surface area (Å²) in [6.45, 7) is 2.05. The molecule has 0 atom stereocenters. The number of fused-ring (bicyclic) bond motifs is 2. The molecule has 18 heavy (non-hydrogen) atoms. The first kappa shape index (κ1) is 10.7. The van der Waals surface area contributed by atoms with Crippen molar-refractivity contribution in [3.8, 4) is 0 Å². The summed E-state index contributed by atoms with van der Waals surface area (Å²) in [7, 11) is 0. The molecule has 3 heteroatoms. The zero-order chi connectivity index (χ0) is 12.7. The van der Waals surface area contributed by atoms with E-state index in [1.54, 1.807) is 6.07 Å². The number of hydrogen-bond acceptors (Lipinski definition) is 2. The van der Waals surface area contributed by atoms with Crippen LogP contribution in [-0.4, -0.2) is 10.9 Å². The van der Waals surface area contributed by atoms with Gasteiger partial charge in [0.05, 0.1) is 16.6 Å². The Kier molecular flexibility index (Phi) is 2.27. The Balaban J connectivity index is 2.44.